The first-order valence-electron chi connectivity index (χ1n) is 5.86. The Morgan fingerprint density at radius 2 is 2.00 bits per heavy atom. The highest BCUT2D eigenvalue weighted by molar-refractivity contribution is 9.10. The van der Waals surface area contributed by atoms with Crippen LogP contribution in [0.2, 0.25) is 0 Å². The van der Waals surface area contributed by atoms with Crippen molar-refractivity contribution in [3.8, 4) is 0 Å². The lowest BCUT2D eigenvalue weighted by molar-refractivity contribution is 0.158. The number of nitrogens with two attached hydrogens (primary N) is 1. The maximum atomic E-state index is 6.04. The van der Waals surface area contributed by atoms with E-state index in [-0.39, 0.29) is 0 Å². The third kappa shape index (κ3) is 3.30. The summed E-state index contributed by atoms with van der Waals surface area (Å²) in [5.74, 6) is 0.721. The van der Waals surface area contributed by atoms with Crippen LogP contribution in [0.5, 0.6) is 0 Å². The minimum atomic E-state index is 0.346. The van der Waals surface area contributed by atoms with Crippen LogP contribution in [-0.4, -0.2) is 24.0 Å². The molecular weight excluding hydrogens is 264 g/mol. The number of hydrogen-bond acceptors (Lipinski definition) is 2. The monoisotopic (exact) mass is 282 g/mol. The third-order valence-corrected chi connectivity index (χ3v) is 3.62. The average Bonchev–Trinajstić information content (AvgIpc) is 2.20. The van der Waals surface area contributed by atoms with Crippen molar-refractivity contribution in [2.75, 3.05) is 13.1 Å². The summed E-state index contributed by atoms with van der Waals surface area (Å²) in [6.07, 6.45) is 1.16. The van der Waals surface area contributed by atoms with E-state index in [1.54, 1.807) is 0 Å². The quantitative estimate of drug-likeness (QED) is 0.904. The average molecular weight is 283 g/mol. The summed E-state index contributed by atoms with van der Waals surface area (Å²) in [4.78, 5) is 2.46. The van der Waals surface area contributed by atoms with E-state index in [1.165, 1.54) is 12.1 Å². The summed E-state index contributed by atoms with van der Waals surface area (Å²) < 4.78 is 1.14. The fourth-order valence-corrected chi connectivity index (χ4v) is 2.75. The summed E-state index contributed by atoms with van der Waals surface area (Å²) in [6.45, 7) is 5.50. The Kier molecular flexibility index (Phi) is 4.00. The molecule has 88 valence electrons. The van der Waals surface area contributed by atoms with Gasteiger partial charge in [-0.15, -0.1) is 0 Å². The molecule has 2 rings (SSSR count). The van der Waals surface area contributed by atoms with Crippen molar-refractivity contribution >= 4 is 15.9 Å². The van der Waals surface area contributed by atoms with Crippen LogP contribution in [0.15, 0.2) is 28.7 Å². The molecule has 1 aromatic rings. The molecule has 0 aliphatic carbocycles. The summed E-state index contributed by atoms with van der Waals surface area (Å²) in [7, 11) is 0. The van der Waals surface area contributed by atoms with Crippen LogP contribution in [0.4, 0.5) is 0 Å². The molecule has 0 radical (unpaired) electrons. The summed E-state index contributed by atoms with van der Waals surface area (Å²) in [5, 5.41) is 0. The van der Waals surface area contributed by atoms with Gasteiger partial charge in [0.1, 0.15) is 0 Å². The van der Waals surface area contributed by atoms with Crippen LogP contribution in [0.3, 0.4) is 0 Å². The van der Waals surface area contributed by atoms with Gasteiger partial charge in [-0.05, 0) is 30.0 Å². The predicted octanol–water partition coefficient (Wildman–Crippen LogP) is 2.62. The van der Waals surface area contributed by atoms with E-state index < -0.39 is 0 Å². The molecule has 3 heteroatoms. The molecule has 0 saturated carbocycles. The van der Waals surface area contributed by atoms with Crippen LogP contribution in [0.25, 0.3) is 0 Å². The van der Waals surface area contributed by atoms with Gasteiger partial charge < -0.3 is 5.73 Å². The topological polar surface area (TPSA) is 29.3 Å². The third-order valence-electron chi connectivity index (χ3n) is 3.09. The molecular formula is C13H19BrN2. The van der Waals surface area contributed by atoms with E-state index in [0.717, 1.165) is 29.9 Å². The zero-order chi connectivity index (χ0) is 11.5. The molecule has 2 unspecified atom stereocenters. The molecule has 0 bridgehead atoms. The van der Waals surface area contributed by atoms with E-state index in [0.29, 0.717) is 6.04 Å². The Balaban J connectivity index is 1.96. The van der Waals surface area contributed by atoms with E-state index in [1.807, 2.05) is 0 Å². The maximum absolute atomic E-state index is 6.04. The smallest absolute Gasteiger partial charge is 0.0234 e. The van der Waals surface area contributed by atoms with Crippen molar-refractivity contribution in [3.63, 3.8) is 0 Å². The minimum absolute atomic E-state index is 0.346. The Bertz CT molecular complexity index is 326. The van der Waals surface area contributed by atoms with E-state index in [9.17, 15) is 0 Å². The largest absolute Gasteiger partial charge is 0.327 e. The number of piperidine rings is 1. The number of benzene rings is 1. The van der Waals surface area contributed by atoms with Crippen LogP contribution >= 0.6 is 15.9 Å². The SMILES string of the molecule is CC1CC(N)CN(Cc2ccc(Br)cc2)C1. The predicted molar refractivity (Wildman–Crippen MR) is 71.2 cm³/mol. The van der Waals surface area contributed by atoms with Gasteiger partial charge in [0.05, 0.1) is 0 Å². The van der Waals surface area contributed by atoms with Crippen molar-refractivity contribution < 1.29 is 0 Å². The molecule has 0 amide bonds. The first-order valence-corrected chi connectivity index (χ1v) is 6.65. The van der Waals surface area contributed by atoms with Gasteiger partial charge >= 0.3 is 0 Å². The number of likely N-dealkylation sites (tertiary alicyclic amines) is 1. The van der Waals surface area contributed by atoms with Gasteiger partial charge in [-0.1, -0.05) is 35.0 Å². The lowest BCUT2D eigenvalue weighted by atomic mass is 9.96. The highest BCUT2D eigenvalue weighted by Crippen LogP contribution is 2.18. The van der Waals surface area contributed by atoms with Gasteiger partial charge in [-0.2, -0.15) is 0 Å². The van der Waals surface area contributed by atoms with E-state index in [2.05, 4.69) is 52.0 Å². The zero-order valence-electron chi connectivity index (χ0n) is 9.70. The van der Waals surface area contributed by atoms with Crippen LogP contribution in [-0.2, 0) is 6.54 Å². The number of halogens is 1. The molecule has 1 saturated heterocycles. The molecule has 1 fully saturated rings. The van der Waals surface area contributed by atoms with Gasteiger partial charge in [0.15, 0.2) is 0 Å². The number of nitrogens with zero attached hydrogens (tertiary/aromatic N) is 1. The van der Waals surface area contributed by atoms with Crippen molar-refractivity contribution in [2.24, 2.45) is 11.7 Å². The summed E-state index contributed by atoms with van der Waals surface area (Å²) >= 11 is 3.46. The molecule has 2 nitrogen and oxygen atoms in total. The molecule has 2 atom stereocenters. The van der Waals surface area contributed by atoms with Gasteiger partial charge in [-0.25, -0.2) is 0 Å². The number of hydrogen-bond donors (Lipinski definition) is 1. The summed E-state index contributed by atoms with van der Waals surface area (Å²) in [5.41, 5.74) is 7.41. The highest BCUT2D eigenvalue weighted by atomic mass is 79.9. The Morgan fingerprint density at radius 3 is 2.62 bits per heavy atom. The molecule has 0 aromatic heterocycles. The minimum Gasteiger partial charge on any atom is -0.327 e. The second kappa shape index (κ2) is 5.30. The van der Waals surface area contributed by atoms with Crippen LogP contribution in [0, 0.1) is 5.92 Å². The van der Waals surface area contributed by atoms with Gasteiger partial charge in [0.25, 0.3) is 0 Å². The summed E-state index contributed by atoms with van der Waals surface area (Å²) in [6, 6.07) is 8.90. The first-order chi connectivity index (χ1) is 7.63. The second-order valence-corrected chi connectivity index (χ2v) is 5.84. The number of rotatable bonds is 2. The molecule has 1 aliphatic heterocycles. The highest BCUT2D eigenvalue weighted by Gasteiger charge is 2.21. The standard InChI is InChI=1S/C13H19BrN2/c1-10-6-13(15)9-16(7-10)8-11-2-4-12(14)5-3-11/h2-5,10,13H,6-9,15H2,1H3. The first kappa shape index (κ1) is 12.1. The van der Waals surface area contributed by atoms with Crippen LogP contribution < -0.4 is 5.73 Å². The second-order valence-electron chi connectivity index (χ2n) is 4.92. The Hall–Kier alpha value is -0.380. The van der Waals surface area contributed by atoms with Crippen molar-refractivity contribution in [2.45, 2.75) is 25.9 Å². The van der Waals surface area contributed by atoms with Crippen molar-refractivity contribution in [1.29, 1.82) is 0 Å². The lowest BCUT2D eigenvalue weighted by Crippen LogP contribution is -2.45. The molecule has 0 spiro atoms. The van der Waals surface area contributed by atoms with Crippen molar-refractivity contribution in [1.82, 2.24) is 4.90 Å². The molecule has 2 N–H and O–H groups in total. The normalized spacial score (nSPS) is 26.9. The lowest BCUT2D eigenvalue weighted by Gasteiger charge is -2.34. The fourth-order valence-electron chi connectivity index (χ4n) is 2.49. The Labute approximate surface area is 106 Å². The van der Waals surface area contributed by atoms with Gasteiger partial charge in [0.2, 0.25) is 0 Å². The van der Waals surface area contributed by atoms with Crippen molar-refractivity contribution in [3.05, 3.63) is 34.3 Å². The fraction of sp³-hybridized carbons (Fsp3) is 0.538. The van der Waals surface area contributed by atoms with E-state index >= 15 is 0 Å². The molecule has 1 heterocycles. The maximum Gasteiger partial charge on any atom is 0.0234 e. The van der Waals surface area contributed by atoms with Gasteiger partial charge in [0, 0.05) is 30.1 Å². The molecule has 1 aliphatic rings. The Morgan fingerprint density at radius 1 is 1.31 bits per heavy atom. The zero-order valence-corrected chi connectivity index (χ0v) is 11.3. The molecule has 16 heavy (non-hydrogen) atoms. The van der Waals surface area contributed by atoms with E-state index in [4.69, 9.17) is 5.73 Å². The van der Waals surface area contributed by atoms with Crippen LogP contribution in [0.1, 0.15) is 18.9 Å². The van der Waals surface area contributed by atoms with Gasteiger partial charge in [-0.3, -0.25) is 4.90 Å². The molecule has 1 aromatic carbocycles.